The van der Waals surface area contributed by atoms with Crippen molar-refractivity contribution in [2.75, 3.05) is 17.7 Å². The van der Waals surface area contributed by atoms with Crippen LogP contribution in [0.15, 0.2) is 40.9 Å². The van der Waals surface area contributed by atoms with Gasteiger partial charge in [0.05, 0.1) is 7.11 Å². The van der Waals surface area contributed by atoms with Crippen molar-refractivity contribution in [3.8, 4) is 5.75 Å². The van der Waals surface area contributed by atoms with E-state index in [0.717, 1.165) is 27.0 Å². The highest BCUT2D eigenvalue weighted by molar-refractivity contribution is 9.10. The summed E-state index contributed by atoms with van der Waals surface area (Å²) in [7, 11) is 1.60. The molecule has 4 nitrogen and oxygen atoms in total. The summed E-state index contributed by atoms with van der Waals surface area (Å²) in [5.74, 6) is 0.750. The van der Waals surface area contributed by atoms with Gasteiger partial charge in [-0.1, -0.05) is 15.9 Å². The minimum Gasteiger partial charge on any atom is -0.497 e. The zero-order valence-corrected chi connectivity index (χ0v) is 13.7. The third-order valence-electron chi connectivity index (χ3n) is 3.04. The number of rotatable bonds is 3. The lowest BCUT2D eigenvalue weighted by molar-refractivity contribution is 0.262. The van der Waals surface area contributed by atoms with Crippen LogP contribution in [0.1, 0.15) is 11.1 Å². The average Bonchev–Trinajstić information content (AvgIpc) is 2.45. The maximum absolute atomic E-state index is 12.0. The predicted octanol–water partition coefficient (Wildman–Crippen LogP) is 4.72. The molecule has 0 bridgehead atoms. The number of methoxy groups -OCH3 is 1. The zero-order chi connectivity index (χ0) is 15.4. The summed E-state index contributed by atoms with van der Waals surface area (Å²) in [6.45, 7) is 3.98. The van der Waals surface area contributed by atoms with E-state index in [1.54, 1.807) is 31.4 Å². The summed E-state index contributed by atoms with van der Waals surface area (Å²) < 4.78 is 6.13. The van der Waals surface area contributed by atoms with E-state index in [1.807, 2.05) is 26.0 Å². The largest absolute Gasteiger partial charge is 0.497 e. The van der Waals surface area contributed by atoms with E-state index in [1.165, 1.54) is 0 Å². The summed E-state index contributed by atoms with van der Waals surface area (Å²) >= 11 is 3.51. The van der Waals surface area contributed by atoms with Crippen molar-refractivity contribution in [2.45, 2.75) is 13.8 Å². The van der Waals surface area contributed by atoms with Gasteiger partial charge in [-0.25, -0.2) is 4.79 Å². The van der Waals surface area contributed by atoms with Gasteiger partial charge in [0, 0.05) is 15.8 Å². The fourth-order valence-electron chi connectivity index (χ4n) is 1.99. The summed E-state index contributed by atoms with van der Waals surface area (Å²) in [4.78, 5) is 12.0. The first-order valence-electron chi connectivity index (χ1n) is 6.48. The van der Waals surface area contributed by atoms with E-state index in [-0.39, 0.29) is 6.03 Å². The van der Waals surface area contributed by atoms with Crippen LogP contribution in [-0.2, 0) is 0 Å². The summed E-state index contributed by atoms with van der Waals surface area (Å²) in [5.41, 5.74) is 3.63. The van der Waals surface area contributed by atoms with E-state index in [4.69, 9.17) is 4.74 Å². The third-order valence-corrected chi connectivity index (χ3v) is 4.29. The number of amides is 2. The number of carbonyl (C=O) groups excluding carboxylic acids is 1. The fourth-order valence-corrected chi connectivity index (χ4v) is 2.21. The number of urea groups is 1. The van der Waals surface area contributed by atoms with E-state index >= 15 is 0 Å². The molecule has 0 saturated heterocycles. The van der Waals surface area contributed by atoms with Crippen molar-refractivity contribution in [3.63, 3.8) is 0 Å². The Balaban J connectivity index is 2.04. The molecule has 2 rings (SSSR count). The SMILES string of the molecule is COc1ccc(NC(=O)Nc2cc(C)c(Br)c(C)c2)cc1. The molecule has 0 aliphatic heterocycles. The molecule has 0 atom stereocenters. The molecule has 2 aromatic carbocycles. The van der Waals surface area contributed by atoms with Crippen LogP contribution in [0.25, 0.3) is 0 Å². The molecule has 5 heteroatoms. The predicted molar refractivity (Wildman–Crippen MR) is 89.3 cm³/mol. The van der Waals surface area contributed by atoms with Crippen LogP contribution in [0.3, 0.4) is 0 Å². The summed E-state index contributed by atoms with van der Waals surface area (Å²) in [6, 6.07) is 10.7. The highest BCUT2D eigenvalue weighted by Gasteiger charge is 2.06. The second-order valence-corrected chi connectivity index (χ2v) is 5.52. The van der Waals surface area contributed by atoms with Crippen LogP contribution in [0.2, 0.25) is 0 Å². The Hall–Kier alpha value is -2.01. The Morgan fingerprint density at radius 1 is 1.00 bits per heavy atom. The van der Waals surface area contributed by atoms with Gasteiger partial charge in [0.2, 0.25) is 0 Å². The molecule has 21 heavy (non-hydrogen) atoms. The number of anilines is 2. The summed E-state index contributed by atoms with van der Waals surface area (Å²) in [6.07, 6.45) is 0. The molecule has 2 amide bonds. The highest BCUT2D eigenvalue weighted by atomic mass is 79.9. The number of aryl methyl sites for hydroxylation is 2. The molecule has 110 valence electrons. The molecule has 0 saturated carbocycles. The van der Waals surface area contributed by atoms with Crippen LogP contribution in [0, 0.1) is 13.8 Å². The lowest BCUT2D eigenvalue weighted by Crippen LogP contribution is -2.19. The van der Waals surface area contributed by atoms with Gasteiger partial charge >= 0.3 is 6.03 Å². The molecule has 0 fully saturated rings. The molecule has 0 spiro atoms. The van der Waals surface area contributed by atoms with E-state index in [2.05, 4.69) is 26.6 Å². The van der Waals surface area contributed by atoms with Gasteiger partial charge in [0.1, 0.15) is 5.75 Å². The van der Waals surface area contributed by atoms with Crippen molar-refractivity contribution in [3.05, 3.63) is 52.0 Å². The van der Waals surface area contributed by atoms with Gasteiger partial charge in [-0.2, -0.15) is 0 Å². The Morgan fingerprint density at radius 3 is 2.05 bits per heavy atom. The number of hydrogen-bond acceptors (Lipinski definition) is 2. The van der Waals surface area contributed by atoms with Crippen molar-refractivity contribution >= 4 is 33.3 Å². The first-order chi connectivity index (χ1) is 9.99. The molecule has 0 heterocycles. The normalized spacial score (nSPS) is 10.1. The minimum atomic E-state index is -0.277. The van der Waals surface area contributed by atoms with E-state index in [0.29, 0.717) is 5.69 Å². The van der Waals surface area contributed by atoms with E-state index < -0.39 is 0 Å². The number of benzene rings is 2. The summed E-state index contributed by atoms with van der Waals surface area (Å²) in [5, 5.41) is 5.60. The molecule has 0 radical (unpaired) electrons. The Kier molecular flexibility index (Phi) is 4.85. The lowest BCUT2D eigenvalue weighted by Gasteiger charge is -2.11. The highest BCUT2D eigenvalue weighted by Crippen LogP contribution is 2.25. The molecule has 0 unspecified atom stereocenters. The van der Waals surface area contributed by atoms with Gasteiger partial charge in [-0.15, -0.1) is 0 Å². The van der Waals surface area contributed by atoms with Gasteiger partial charge < -0.3 is 15.4 Å². The Labute approximate surface area is 132 Å². The monoisotopic (exact) mass is 348 g/mol. The average molecular weight is 349 g/mol. The standard InChI is InChI=1S/C16H17BrN2O2/c1-10-8-13(9-11(2)15(10)17)19-16(20)18-12-4-6-14(21-3)7-5-12/h4-9H,1-3H3,(H2,18,19,20). The first kappa shape index (κ1) is 15.4. The van der Waals surface area contributed by atoms with Gasteiger partial charge in [0.15, 0.2) is 0 Å². The maximum Gasteiger partial charge on any atom is 0.323 e. The molecular weight excluding hydrogens is 332 g/mol. The number of nitrogens with one attached hydrogen (secondary N) is 2. The van der Waals surface area contributed by atoms with Crippen molar-refractivity contribution in [1.29, 1.82) is 0 Å². The third kappa shape index (κ3) is 3.98. The molecule has 0 aromatic heterocycles. The smallest absolute Gasteiger partial charge is 0.323 e. The van der Waals surface area contributed by atoms with E-state index in [9.17, 15) is 4.79 Å². The quantitative estimate of drug-likeness (QED) is 0.843. The zero-order valence-electron chi connectivity index (χ0n) is 12.2. The molecule has 2 N–H and O–H groups in total. The number of hydrogen-bond donors (Lipinski definition) is 2. The topological polar surface area (TPSA) is 50.4 Å². The van der Waals surface area contributed by atoms with Gasteiger partial charge in [-0.05, 0) is 61.4 Å². The Bertz CT molecular complexity index is 631. The van der Waals surface area contributed by atoms with Crippen LogP contribution in [0.4, 0.5) is 16.2 Å². The molecular formula is C16H17BrN2O2. The fraction of sp³-hybridized carbons (Fsp3) is 0.188. The second-order valence-electron chi connectivity index (χ2n) is 4.73. The lowest BCUT2D eigenvalue weighted by atomic mass is 10.1. The van der Waals surface area contributed by atoms with Crippen LogP contribution in [0.5, 0.6) is 5.75 Å². The van der Waals surface area contributed by atoms with Crippen molar-refractivity contribution in [1.82, 2.24) is 0 Å². The molecule has 2 aromatic rings. The van der Waals surface area contributed by atoms with Crippen molar-refractivity contribution < 1.29 is 9.53 Å². The van der Waals surface area contributed by atoms with Crippen LogP contribution >= 0.6 is 15.9 Å². The van der Waals surface area contributed by atoms with Gasteiger partial charge in [0.25, 0.3) is 0 Å². The minimum absolute atomic E-state index is 0.277. The first-order valence-corrected chi connectivity index (χ1v) is 7.27. The maximum atomic E-state index is 12.0. The molecule has 0 aliphatic carbocycles. The number of halogens is 1. The Morgan fingerprint density at radius 2 is 1.52 bits per heavy atom. The number of ether oxygens (including phenoxy) is 1. The molecule has 0 aliphatic rings. The number of carbonyl (C=O) groups is 1. The second kappa shape index (κ2) is 6.63. The van der Waals surface area contributed by atoms with Crippen molar-refractivity contribution in [2.24, 2.45) is 0 Å². The van der Waals surface area contributed by atoms with Crippen LogP contribution < -0.4 is 15.4 Å². The van der Waals surface area contributed by atoms with Crippen LogP contribution in [-0.4, -0.2) is 13.1 Å². The van der Waals surface area contributed by atoms with Gasteiger partial charge in [-0.3, -0.25) is 0 Å².